The van der Waals surface area contributed by atoms with E-state index < -0.39 is 12.0 Å². The summed E-state index contributed by atoms with van der Waals surface area (Å²) in [6.07, 6.45) is 2.14. The number of carbonyl (C=O) groups is 2. The number of halogens is 2. The number of anilines is 1. The number of fused-ring (bicyclic) bond motifs is 3. The van der Waals surface area contributed by atoms with E-state index in [-0.39, 0.29) is 36.8 Å². The molecule has 3 N–H and O–H groups in total. The molecular weight excluding hydrogens is 731 g/mol. The van der Waals surface area contributed by atoms with Crippen molar-refractivity contribution in [2.24, 2.45) is 16.6 Å². The Hall–Kier alpha value is -4.25. The molecule has 0 radical (unpaired) electrons. The molecule has 0 bridgehead atoms. The van der Waals surface area contributed by atoms with Gasteiger partial charge in [-0.1, -0.05) is 35.6 Å². The van der Waals surface area contributed by atoms with Crippen LogP contribution in [0, 0.1) is 38.5 Å². The van der Waals surface area contributed by atoms with Crippen LogP contribution >= 0.6 is 35.3 Å². The Balaban J connectivity index is 0.00000481. The fraction of sp³-hybridized carbons (Fsp3) is 0.410. The SMILES string of the molecule is Cc1sc2c(c1C)C(c1ccc(Cl)cc1)=N[C@@H](CC(=O)N1CCC(CN3CCN(c4ccc(C(=O)O)c(C#CCN)c4)CC3)CC1)c1nnc(C)n1-2.Cl. The largest absolute Gasteiger partial charge is 0.478 e. The lowest BCUT2D eigenvalue weighted by atomic mass is 9.95. The van der Waals surface area contributed by atoms with Gasteiger partial charge in [0.15, 0.2) is 5.82 Å². The number of amides is 1. The summed E-state index contributed by atoms with van der Waals surface area (Å²) >= 11 is 7.97. The smallest absolute Gasteiger partial charge is 0.336 e. The monoisotopic (exact) mass is 774 g/mol. The standard InChI is InChI=1S/C39H43ClN8O3S.ClH/c1-24-25(2)52-38-35(24)36(28-6-8-30(40)9-7-28)42-33(37-44-43-26(3)48(37)38)22-34(49)47-15-12-27(13-16-47)23-45-17-19-46(20-18-45)31-10-11-32(39(50)51)29(21-31)5-4-14-41;/h6-11,21,27,33H,12-20,22-23,41H2,1-3H3,(H,50,51);1H/t33-;/m0./s1. The molecule has 0 saturated carbocycles. The lowest BCUT2D eigenvalue weighted by Gasteiger charge is -2.39. The molecule has 0 spiro atoms. The number of hydrogen-bond donors (Lipinski definition) is 2. The zero-order valence-corrected chi connectivity index (χ0v) is 32.5. The molecule has 0 unspecified atom stereocenters. The molecular formula is C39H44Cl2N8O3S. The average Bonchev–Trinajstić information content (AvgIpc) is 3.62. The maximum absolute atomic E-state index is 13.9. The van der Waals surface area contributed by atoms with Gasteiger partial charge in [-0.2, -0.15) is 0 Å². The zero-order chi connectivity index (χ0) is 36.5. The third-order valence-electron chi connectivity index (χ3n) is 10.5. The van der Waals surface area contributed by atoms with Crippen molar-refractivity contribution in [2.75, 3.05) is 57.3 Å². The molecule has 5 heterocycles. The number of aromatic carboxylic acids is 1. The minimum absolute atomic E-state index is 0. The number of piperidine rings is 1. The molecule has 14 heteroatoms. The number of benzene rings is 2. The van der Waals surface area contributed by atoms with E-state index in [0.29, 0.717) is 22.3 Å². The minimum atomic E-state index is -0.992. The minimum Gasteiger partial charge on any atom is -0.478 e. The molecule has 278 valence electrons. The highest BCUT2D eigenvalue weighted by Crippen LogP contribution is 2.40. The number of carbonyl (C=O) groups excluding carboxylic acids is 1. The van der Waals surface area contributed by atoms with Crippen molar-refractivity contribution in [3.63, 3.8) is 0 Å². The molecule has 3 aliphatic rings. The summed E-state index contributed by atoms with van der Waals surface area (Å²) in [7, 11) is 0. The van der Waals surface area contributed by atoms with Crippen LogP contribution in [0.4, 0.5) is 5.69 Å². The molecule has 2 fully saturated rings. The number of piperazine rings is 1. The second-order valence-corrected chi connectivity index (χ2v) is 15.4. The van der Waals surface area contributed by atoms with E-state index in [0.717, 1.165) is 92.0 Å². The maximum atomic E-state index is 13.9. The van der Waals surface area contributed by atoms with Crippen LogP contribution in [0.15, 0.2) is 47.5 Å². The van der Waals surface area contributed by atoms with Gasteiger partial charge in [0.2, 0.25) is 5.91 Å². The number of hydrogen-bond acceptors (Lipinski definition) is 9. The van der Waals surface area contributed by atoms with E-state index in [4.69, 9.17) is 22.3 Å². The number of aryl methyl sites for hydroxylation is 2. The molecule has 4 aromatic rings. The number of carboxylic acid groups (broad SMARTS) is 1. The summed E-state index contributed by atoms with van der Waals surface area (Å²) in [5.41, 5.74) is 11.2. The van der Waals surface area contributed by atoms with Crippen LogP contribution in [0.3, 0.4) is 0 Å². The van der Waals surface area contributed by atoms with E-state index in [1.165, 1.54) is 10.4 Å². The summed E-state index contributed by atoms with van der Waals surface area (Å²) in [4.78, 5) is 38.9. The first-order chi connectivity index (χ1) is 25.1. The second-order valence-electron chi connectivity index (χ2n) is 13.8. The molecule has 1 atom stereocenters. The van der Waals surface area contributed by atoms with Gasteiger partial charge in [-0.25, -0.2) is 4.79 Å². The molecule has 7 rings (SSSR count). The number of rotatable bonds is 7. The van der Waals surface area contributed by atoms with E-state index >= 15 is 0 Å². The Kier molecular flexibility index (Phi) is 11.9. The third-order valence-corrected chi connectivity index (χ3v) is 11.9. The fourth-order valence-electron chi connectivity index (χ4n) is 7.51. The van der Waals surface area contributed by atoms with Crippen molar-refractivity contribution in [1.29, 1.82) is 0 Å². The van der Waals surface area contributed by atoms with Crippen LogP contribution in [-0.4, -0.2) is 99.6 Å². The van der Waals surface area contributed by atoms with Crippen molar-refractivity contribution in [1.82, 2.24) is 24.6 Å². The van der Waals surface area contributed by atoms with Crippen LogP contribution in [0.5, 0.6) is 0 Å². The van der Waals surface area contributed by atoms with Gasteiger partial charge in [0, 0.05) is 78.1 Å². The maximum Gasteiger partial charge on any atom is 0.336 e. The molecule has 11 nitrogen and oxygen atoms in total. The summed E-state index contributed by atoms with van der Waals surface area (Å²) in [5.74, 6) is 6.79. The van der Waals surface area contributed by atoms with Gasteiger partial charge in [0.1, 0.15) is 16.9 Å². The van der Waals surface area contributed by atoms with Gasteiger partial charge in [0.25, 0.3) is 0 Å². The van der Waals surface area contributed by atoms with Crippen LogP contribution in [-0.2, 0) is 4.79 Å². The van der Waals surface area contributed by atoms with E-state index in [9.17, 15) is 14.7 Å². The Morgan fingerprint density at radius 2 is 1.72 bits per heavy atom. The summed E-state index contributed by atoms with van der Waals surface area (Å²) < 4.78 is 2.09. The molecule has 2 aromatic carbocycles. The quantitative estimate of drug-likeness (QED) is 0.229. The summed E-state index contributed by atoms with van der Waals surface area (Å²) in [6, 6.07) is 12.6. The predicted octanol–water partition coefficient (Wildman–Crippen LogP) is 5.68. The van der Waals surface area contributed by atoms with Crippen molar-refractivity contribution in [2.45, 2.75) is 46.1 Å². The first-order valence-electron chi connectivity index (χ1n) is 17.8. The first-order valence-corrected chi connectivity index (χ1v) is 19.0. The topological polar surface area (TPSA) is 133 Å². The van der Waals surface area contributed by atoms with Crippen LogP contribution in [0.1, 0.15) is 74.4 Å². The van der Waals surface area contributed by atoms with Gasteiger partial charge in [0.05, 0.1) is 24.2 Å². The highest BCUT2D eigenvalue weighted by atomic mass is 35.5. The zero-order valence-electron chi connectivity index (χ0n) is 30.1. The fourth-order valence-corrected chi connectivity index (χ4v) is 8.85. The number of nitrogens with two attached hydrogens (primary N) is 1. The molecule has 0 aliphatic carbocycles. The number of carboxylic acids is 1. The molecule has 2 saturated heterocycles. The number of aromatic nitrogens is 3. The van der Waals surface area contributed by atoms with Gasteiger partial charge < -0.3 is 20.6 Å². The van der Waals surface area contributed by atoms with Crippen molar-refractivity contribution >= 4 is 58.6 Å². The average molecular weight is 776 g/mol. The van der Waals surface area contributed by atoms with Crippen molar-refractivity contribution in [3.05, 3.63) is 91.8 Å². The Morgan fingerprint density at radius 3 is 2.40 bits per heavy atom. The molecule has 53 heavy (non-hydrogen) atoms. The Bertz CT molecular complexity index is 2080. The number of nitrogens with zero attached hydrogens (tertiary/aromatic N) is 7. The Morgan fingerprint density at radius 1 is 1.00 bits per heavy atom. The number of aliphatic imine (C=N–C) groups is 1. The predicted molar refractivity (Wildman–Crippen MR) is 212 cm³/mol. The lowest BCUT2D eigenvalue weighted by molar-refractivity contribution is -0.133. The van der Waals surface area contributed by atoms with Crippen LogP contribution < -0.4 is 10.6 Å². The number of likely N-dealkylation sites (tertiary alicyclic amines) is 1. The highest BCUT2D eigenvalue weighted by molar-refractivity contribution is 7.15. The summed E-state index contributed by atoms with van der Waals surface area (Å²) in [5, 5.41) is 20.3. The van der Waals surface area contributed by atoms with E-state index in [2.05, 4.69) is 50.3 Å². The summed E-state index contributed by atoms with van der Waals surface area (Å²) in [6.45, 7) is 12.4. The van der Waals surface area contributed by atoms with Crippen molar-refractivity contribution in [3.8, 4) is 16.8 Å². The number of thiophene rings is 1. The Labute approximate surface area is 325 Å². The molecule has 1 amide bonds. The molecule has 2 aromatic heterocycles. The molecule has 3 aliphatic heterocycles. The van der Waals surface area contributed by atoms with Crippen LogP contribution in [0.25, 0.3) is 5.00 Å². The van der Waals surface area contributed by atoms with Gasteiger partial charge in [-0.15, -0.1) is 33.9 Å². The van der Waals surface area contributed by atoms with Crippen LogP contribution in [0.2, 0.25) is 5.02 Å². The van der Waals surface area contributed by atoms with E-state index in [1.54, 1.807) is 17.4 Å². The van der Waals surface area contributed by atoms with Gasteiger partial charge in [-0.05, 0) is 75.4 Å². The van der Waals surface area contributed by atoms with Crippen molar-refractivity contribution < 1.29 is 14.7 Å². The lowest BCUT2D eigenvalue weighted by Crippen LogP contribution is -2.49. The second kappa shape index (κ2) is 16.4. The first kappa shape index (κ1) is 38.5. The third kappa shape index (κ3) is 8.00. The highest BCUT2D eigenvalue weighted by Gasteiger charge is 2.34. The van der Waals surface area contributed by atoms with Gasteiger partial charge >= 0.3 is 5.97 Å². The van der Waals surface area contributed by atoms with Gasteiger partial charge in [-0.3, -0.25) is 19.3 Å². The normalized spacial score (nSPS) is 17.5. The van der Waals surface area contributed by atoms with E-state index in [1.807, 2.05) is 48.2 Å².